The molecule has 0 saturated carbocycles. The molecule has 0 saturated heterocycles. The van der Waals surface area contributed by atoms with Gasteiger partial charge in [-0.25, -0.2) is 4.98 Å². The van der Waals surface area contributed by atoms with Gasteiger partial charge < -0.3 is 10.1 Å². The number of thiazole rings is 1. The molecule has 1 rings (SSSR count). The molecule has 0 fully saturated rings. The summed E-state index contributed by atoms with van der Waals surface area (Å²) in [6, 6.07) is 0. The van der Waals surface area contributed by atoms with E-state index in [1.807, 2.05) is 0 Å². The number of ether oxygens (including phenoxy) is 1. The van der Waals surface area contributed by atoms with E-state index < -0.39 is 0 Å². The Morgan fingerprint density at radius 3 is 2.47 bits per heavy atom. The Hall–Kier alpha value is -0.450. The summed E-state index contributed by atoms with van der Waals surface area (Å²) < 4.78 is 5.59. The SMILES string of the molecule is CCNC(C)(C)c1csc(C(C)(CC)OC)n1. The molecule has 98 valence electrons. The van der Waals surface area contributed by atoms with Gasteiger partial charge in [0.25, 0.3) is 0 Å². The smallest absolute Gasteiger partial charge is 0.125 e. The summed E-state index contributed by atoms with van der Waals surface area (Å²) in [6.07, 6.45) is 0.929. The number of hydrogen-bond donors (Lipinski definition) is 1. The van der Waals surface area contributed by atoms with Crippen LogP contribution in [0.2, 0.25) is 0 Å². The third-order valence-corrected chi connectivity index (χ3v) is 4.43. The van der Waals surface area contributed by atoms with Crippen molar-refractivity contribution < 1.29 is 4.74 Å². The minimum atomic E-state index is -0.259. The van der Waals surface area contributed by atoms with Crippen molar-refractivity contribution in [3.63, 3.8) is 0 Å². The standard InChI is InChI=1S/C13H24N2OS/c1-7-13(5,16-6)11-15-10(9-17-11)12(3,4)14-8-2/h9,14H,7-8H2,1-6H3. The Labute approximate surface area is 109 Å². The van der Waals surface area contributed by atoms with E-state index >= 15 is 0 Å². The minimum absolute atomic E-state index is 0.0775. The summed E-state index contributed by atoms with van der Waals surface area (Å²) in [5.74, 6) is 0. The van der Waals surface area contributed by atoms with Crippen LogP contribution in [0.25, 0.3) is 0 Å². The molecule has 0 aliphatic rings. The number of methoxy groups -OCH3 is 1. The molecule has 1 unspecified atom stereocenters. The third-order valence-electron chi connectivity index (χ3n) is 3.34. The Morgan fingerprint density at radius 2 is 2.00 bits per heavy atom. The molecule has 0 aliphatic carbocycles. The van der Waals surface area contributed by atoms with Crippen molar-refractivity contribution in [3.05, 3.63) is 16.1 Å². The number of nitrogens with zero attached hydrogens (tertiary/aromatic N) is 1. The van der Waals surface area contributed by atoms with Crippen LogP contribution < -0.4 is 5.32 Å². The van der Waals surface area contributed by atoms with Crippen LogP contribution in [0.3, 0.4) is 0 Å². The van der Waals surface area contributed by atoms with Crippen LogP contribution in [-0.4, -0.2) is 18.6 Å². The number of aromatic nitrogens is 1. The zero-order valence-electron chi connectivity index (χ0n) is 11.8. The first kappa shape index (κ1) is 14.6. The van der Waals surface area contributed by atoms with Gasteiger partial charge >= 0.3 is 0 Å². The maximum Gasteiger partial charge on any atom is 0.125 e. The normalized spacial score (nSPS) is 15.9. The zero-order valence-corrected chi connectivity index (χ0v) is 12.6. The van der Waals surface area contributed by atoms with Crippen LogP contribution in [0.5, 0.6) is 0 Å². The van der Waals surface area contributed by atoms with Crippen molar-refractivity contribution in [2.24, 2.45) is 0 Å². The summed E-state index contributed by atoms with van der Waals surface area (Å²) in [5, 5.41) is 6.63. The first-order valence-electron chi connectivity index (χ1n) is 6.16. The molecule has 3 nitrogen and oxygen atoms in total. The molecule has 1 heterocycles. The molecule has 0 aromatic carbocycles. The molecule has 0 amide bonds. The average Bonchev–Trinajstić information content (AvgIpc) is 2.78. The highest BCUT2D eigenvalue weighted by Gasteiger charge is 2.30. The number of hydrogen-bond acceptors (Lipinski definition) is 4. The lowest BCUT2D eigenvalue weighted by atomic mass is 10.0. The summed E-state index contributed by atoms with van der Waals surface area (Å²) in [7, 11) is 1.75. The molecular formula is C13H24N2OS. The van der Waals surface area contributed by atoms with E-state index in [2.05, 4.69) is 45.3 Å². The largest absolute Gasteiger partial charge is 0.371 e. The summed E-state index contributed by atoms with van der Waals surface area (Å²) in [6.45, 7) is 11.6. The van der Waals surface area contributed by atoms with Crippen LogP contribution in [0, 0.1) is 0 Å². The van der Waals surface area contributed by atoms with E-state index in [-0.39, 0.29) is 11.1 Å². The van der Waals surface area contributed by atoms with Gasteiger partial charge in [-0.1, -0.05) is 13.8 Å². The topological polar surface area (TPSA) is 34.1 Å². The average molecular weight is 256 g/mol. The highest BCUT2D eigenvalue weighted by atomic mass is 32.1. The first-order valence-corrected chi connectivity index (χ1v) is 7.04. The van der Waals surface area contributed by atoms with E-state index in [1.165, 1.54) is 0 Å². The molecule has 1 N–H and O–H groups in total. The lowest BCUT2D eigenvalue weighted by molar-refractivity contribution is -0.00179. The van der Waals surface area contributed by atoms with Gasteiger partial charge in [-0.3, -0.25) is 0 Å². The zero-order chi connectivity index (χ0) is 13.1. The monoisotopic (exact) mass is 256 g/mol. The van der Waals surface area contributed by atoms with Gasteiger partial charge in [-0.15, -0.1) is 11.3 Å². The van der Waals surface area contributed by atoms with Crippen molar-refractivity contribution in [3.8, 4) is 0 Å². The van der Waals surface area contributed by atoms with Gasteiger partial charge in [0.1, 0.15) is 10.6 Å². The highest BCUT2D eigenvalue weighted by molar-refractivity contribution is 7.09. The quantitative estimate of drug-likeness (QED) is 0.848. The van der Waals surface area contributed by atoms with Crippen LogP contribution >= 0.6 is 11.3 Å². The second-order valence-corrected chi connectivity index (χ2v) is 5.84. The fourth-order valence-corrected chi connectivity index (χ4v) is 2.92. The predicted octanol–water partition coefficient (Wildman–Crippen LogP) is 3.26. The lowest BCUT2D eigenvalue weighted by Gasteiger charge is -2.25. The van der Waals surface area contributed by atoms with Gasteiger partial charge in [0, 0.05) is 12.5 Å². The van der Waals surface area contributed by atoms with Crippen molar-refractivity contribution in [2.45, 2.75) is 52.2 Å². The molecule has 0 spiro atoms. The Bertz CT molecular complexity index is 356. The van der Waals surface area contributed by atoms with Gasteiger partial charge in [0.05, 0.1) is 11.2 Å². The van der Waals surface area contributed by atoms with Gasteiger partial charge in [-0.2, -0.15) is 0 Å². The van der Waals surface area contributed by atoms with Crippen molar-refractivity contribution in [1.82, 2.24) is 10.3 Å². The molecule has 0 radical (unpaired) electrons. The van der Waals surface area contributed by atoms with Crippen molar-refractivity contribution in [2.75, 3.05) is 13.7 Å². The molecule has 1 aromatic heterocycles. The highest BCUT2D eigenvalue weighted by Crippen LogP contribution is 2.33. The van der Waals surface area contributed by atoms with Gasteiger partial charge in [0.15, 0.2) is 0 Å². The van der Waals surface area contributed by atoms with Crippen LogP contribution in [0.15, 0.2) is 5.38 Å². The molecule has 0 aliphatic heterocycles. The van der Waals surface area contributed by atoms with E-state index in [4.69, 9.17) is 9.72 Å². The van der Waals surface area contributed by atoms with E-state index in [9.17, 15) is 0 Å². The van der Waals surface area contributed by atoms with E-state index in [0.717, 1.165) is 23.7 Å². The molecular weight excluding hydrogens is 232 g/mol. The van der Waals surface area contributed by atoms with Gasteiger partial charge in [-0.05, 0) is 33.7 Å². The molecule has 4 heteroatoms. The van der Waals surface area contributed by atoms with Crippen LogP contribution in [-0.2, 0) is 15.9 Å². The van der Waals surface area contributed by atoms with E-state index in [1.54, 1.807) is 18.4 Å². The van der Waals surface area contributed by atoms with Crippen molar-refractivity contribution >= 4 is 11.3 Å². The molecule has 17 heavy (non-hydrogen) atoms. The summed E-state index contributed by atoms with van der Waals surface area (Å²) in [5.41, 5.74) is 0.757. The fraction of sp³-hybridized carbons (Fsp3) is 0.769. The minimum Gasteiger partial charge on any atom is -0.371 e. The lowest BCUT2D eigenvalue weighted by Crippen LogP contribution is -2.36. The Morgan fingerprint density at radius 1 is 1.35 bits per heavy atom. The van der Waals surface area contributed by atoms with Crippen LogP contribution in [0.4, 0.5) is 0 Å². The number of nitrogens with one attached hydrogen (secondary N) is 1. The number of rotatable bonds is 6. The Kier molecular flexibility index (Phi) is 4.69. The fourth-order valence-electron chi connectivity index (χ4n) is 1.72. The predicted molar refractivity (Wildman–Crippen MR) is 73.5 cm³/mol. The van der Waals surface area contributed by atoms with Gasteiger partial charge in [0.2, 0.25) is 0 Å². The van der Waals surface area contributed by atoms with Crippen molar-refractivity contribution in [1.29, 1.82) is 0 Å². The van der Waals surface area contributed by atoms with Crippen LogP contribution in [0.1, 0.15) is 51.7 Å². The third kappa shape index (κ3) is 3.06. The maximum absolute atomic E-state index is 5.59. The Balaban J connectivity index is 2.99. The molecule has 1 atom stereocenters. The summed E-state index contributed by atoms with van der Waals surface area (Å²) in [4.78, 5) is 4.75. The second-order valence-electron chi connectivity index (χ2n) is 4.98. The maximum atomic E-state index is 5.59. The van der Waals surface area contributed by atoms with E-state index in [0.29, 0.717) is 0 Å². The summed E-state index contributed by atoms with van der Waals surface area (Å²) >= 11 is 1.68. The molecule has 1 aromatic rings. The molecule has 0 bridgehead atoms. The second kappa shape index (κ2) is 5.46. The first-order chi connectivity index (χ1) is 7.89.